The number of rotatable bonds is 34. The van der Waals surface area contributed by atoms with Gasteiger partial charge in [0.25, 0.3) is 0 Å². The van der Waals surface area contributed by atoms with Crippen molar-refractivity contribution in [2.24, 2.45) is 0 Å². The van der Waals surface area contributed by atoms with Crippen molar-refractivity contribution in [1.29, 1.82) is 0 Å². The number of nitrogens with one attached hydrogen (secondary N) is 5. The molecule has 0 aromatic rings. The van der Waals surface area contributed by atoms with Crippen LogP contribution in [0.25, 0.3) is 0 Å². The molecule has 0 spiro atoms. The van der Waals surface area contributed by atoms with Gasteiger partial charge in [0.15, 0.2) is 0 Å². The van der Waals surface area contributed by atoms with Crippen LogP contribution in [-0.2, 0) is 38.4 Å². The molecule has 0 aliphatic rings. The van der Waals surface area contributed by atoms with Gasteiger partial charge in [-0.3, -0.25) is 34.0 Å². The Morgan fingerprint density at radius 2 is 0.840 bits per heavy atom. The average molecular weight is 718 g/mol. The van der Waals surface area contributed by atoms with E-state index >= 15 is 0 Å². The van der Waals surface area contributed by atoms with Crippen LogP contribution in [-0.4, -0.2) is 93.8 Å². The first kappa shape index (κ1) is 46.2. The van der Waals surface area contributed by atoms with Gasteiger partial charge >= 0.3 is 17.9 Å². The van der Waals surface area contributed by atoms with E-state index in [-0.39, 0.29) is 70.5 Å². The monoisotopic (exact) mass is 717 g/mol. The number of unbranched alkanes of at least 4 members (excludes halogenated alkanes) is 11. The lowest BCUT2D eigenvalue weighted by Gasteiger charge is -2.15. The smallest absolute Gasteiger partial charge is 0.326 e. The lowest BCUT2D eigenvalue weighted by molar-refractivity contribution is -0.147. The van der Waals surface area contributed by atoms with Gasteiger partial charge in [0.1, 0.15) is 12.1 Å². The maximum absolute atomic E-state index is 12.2. The molecule has 0 saturated carbocycles. The predicted molar refractivity (Wildman–Crippen MR) is 181 cm³/mol. The van der Waals surface area contributed by atoms with Gasteiger partial charge in [-0.25, -0.2) is 9.59 Å². The molecular formula is C33H59N5O12. The molecule has 0 rings (SSSR count). The van der Waals surface area contributed by atoms with Crippen molar-refractivity contribution in [3.8, 4) is 0 Å². The first-order chi connectivity index (χ1) is 24.0. The normalized spacial score (nSPS) is 12.0. The van der Waals surface area contributed by atoms with Crippen molar-refractivity contribution >= 4 is 41.5 Å². The van der Waals surface area contributed by atoms with Crippen molar-refractivity contribution in [3.63, 3.8) is 0 Å². The maximum Gasteiger partial charge on any atom is 0.326 e. The third-order valence-electron chi connectivity index (χ3n) is 7.85. The second-order valence-corrected chi connectivity index (χ2v) is 12.2. The third kappa shape index (κ3) is 29.1. The second kappa shape index (κ2) is 31.2. The average Bonchev–Trinajstić information content (AvgIpc) is 3.06. The molecule has 0 radical (unpaired) electrons. The summed E-state index contributed by atoms with van der Waals surface area (Å²) in [6.45, 7) is 0.224. The van der Waals surface area contributed by atoms with Crippen LogP contribution in [0.5, 0.6) is 0 Å². The van der Waals surface area contributed by atoms with E-state index in [1.165, 1.54) is 31.3 Å². The Balaban J connectivity index is 3.91. The minimum atomic E-state index is -1.29. The molecule has 9 N–H and O–H groups in total. The predicted octanol–water partition coefficient (Wildman–Crippen LogP) is 2.54. The van der Waals surface area contributed by atoms with E-state index in [4.69, 9.17) is 15.4 Å². The molecule has 4 amide bonds. The lowest BCUT2D eigenvalue weighted by atomic mass is 10.0. The summed E-state index contributed by atoms with van der Waals surface area (Å²) in [6, 6.07) is -2.49. The van der Waals surface area contributed by atoms with E-state index in [1.54, 1.807) is 0 Å². The Morgan fingerprint density at radius 1 is 0.460 bits per heavy atom. The van der Waals surface area contributed by atoms with E-state index in [1.807, 2.05) is 0 Å². The largest absolute Gasteiger partial charge is 0.481 e. The molecule has 0 saturated heterocycles. The molecule has 0 bridgehead atoms. The van der Waals surface area contributed by atoms with Crippen LogP contribution >= 0.6 is 0 Å². The number of carbonyl (C=O) groups excluding carboxylic acids is 4. The van der Waals surface area contributed by atoms with Gasteiger partial charge in [0, 0.05) is 51.6 Å². The lowest BCUT2D eigenvalue weighted by Crippen LogP contribution is -2.42. The molecule has 0 aliphatic carbocycles. The van der Waals surface area contributed by atoms with Gasteiger partial charge in [-0.2, -0.15) is 0 Å². The molecular weight excluding hydrogens is 658 g/mol. The van der Waals surface area contributed by atoms with Gasteiger partial charge in [-0.1, -0.05) is 69.9 Å². The van der Waals surface area contributed by atoms with Gasteiger partial charge in [-0.15, -0.1) is 0 Å². The quantitative estimate of drug-likeness (QED) is 0.0343. The fourth-order valence-corrected chi connectivity index (χ4v) is 5.01. The van der Waals surface area contributed by atoms with E-state index in [0.717, 1.165) is 51.4 Å². The number of amides is 4. The Bertz CT molecular complexity index is 1010. The third-order valence-corrected chi connectivity index (χ3v) is 7.85. The SMILES string of the molecule is O=C(O)CCCCCCCCCCCCCCC(=O)NCCCC(=O)N[C@@H](CCC(=O)NCCCC(=O)N[C@@H](CCONO)C(=O)O)C(=O)O. The van der Waals surface area contributed by atoms with Crippen molar-refractivity contribution in [2.45, 2.75) is 147 Å². The van der Waals surface area contributed by atoms with E-state index in [2.05, 4.69) is 26.1 Å². The Morgan fingerprint density at radius 3 is 1.26 bits per heavy atom. The molecule has 0 heterocycles. The topological polar surface area (TPSA) is 270 Å². The first-order valence-corrected chi connectivity index (χ1v) is 17.8. The summed E-state index contributed by atoms with van der Waals surface area (Å²) < 4.78 is 0. The number of hydrogen-bond acceptors (Lipinski definition) is 10. The van der Waals surface area contributed by atoms with Gasteiger partial charge in [-0.05, 0) is 32.1 Å². The molecule has 288 valence electrons. The summed E-state index contributed by atoms with van der Waals surface area (Å²) in [4.78, 5) is 86.1. The second-order valence-electron chi connectivity index (χ2n) is 12.2. The molecule has 50 heavy (non-hydrogen) atoms. The van der Waals surface area contributed by atoms with Crippen molar-refractivity contribution in [2.75, 3.05) is 19.7 Å². The maximum atomic E-state index is 12.2. The zero-order valence-corrected chi connectivity index (χ0v) is 29.2. The Labute approximate surface area is 293 Å². The highest BCUT2D eigenvalue weighted by atomic mass is 16.8. The molecule has 0 unspecified atom stereocenters. The number of carboxylic acid groups (broad SMARTS) is 3. The van der Waals surface area contributed by atoms with Gasteiger partial charge in [0.05, 0.1) is 6.61 Å². The standard InChI is InChI=1S/C33H59N5O12/c39-27(15-11-9-7-5-3-1-2-4-6-8-10-12-18-31(43)44)34-22-13-16-29(41)36-25(32(45)46)19-20-28(40)35-23-14-17-30(42)37-26(33(47)48)21-24-50-38-49/h25-26,38,49H,1-24H2,(H,34,39)(H,35,40)(H,36,41)(H,37,42)(H,43,44)(H,45,46)(H,47,48)/t25-,26-/m0/s1. The zero-order valence-electron chi connectivity index (χ0n) is 29.2. The van der Waals surface area contributed by atoms with Crippen LogP contribution in [0.3, 0.4) is 0 Å². The summed E-state index contributed by atoms with van der Waals surface area (Å²) in [5.74, 6) is -4.90. The zero-order chi connectivity index (χ0) is 37.4. The molecule has 0 aromatic carbocycles. The molecule has 0 fully saturated rings. The summed E-state index contributed by atoms with van der Waals surface area (Å²) in [6.07, 6.45) is 13.5. The van der Waals surface area contributed by atoms with Crippen LogP contribution in [0.15, 0.2) is 0 Å². The number of hydrogen-bond donors (Lipinski definition) is 9. The van der Waals surface area contributed by atoms with Crippen molar-refractivity contribution < 1.29 is 58.9 Å². The van der Waals surface area contributed by atoms with Gasteiger partial charge < -0.3 is 36.6 Å². The summed E-state index contributed by atoms with van der Waals surface area (Å²) in [7, 11) is 0. The Hall–Kier alpha value is -3.83. The molecule has 0 aromatic heterocycles. The summed E-state index contributed by atoms with van der Waals surface area (Å²) in [5, 5.41) is 45.6. The molecule has 17 heteroatoms. The minimum absolute atomic E-state index is 0.0110. The van der Waals surface area contributed by atoms with Crippen LogP contribution in [0, 0.1) is 0 Å². The number of carboxylic acids is 3. The molecule has 2 atom stereocenters. The first-order valence-electron chi connectivity index (χ1n) is 17.8. The van der Waals surface area contributed by atoms with E-state index < -0.39 is 47.7 Å². The highest BCUT2D eigenvalue weighted by Gasteiger charge is 2.22. The number of aliphatic carboxylic acids is 3. The van der Waals surface area contributed by atoms with Crippen LogP contribution in [0.2, 0.25) is 0 Å². The molecule has 0 aliphatic heterocycles. The Kier molecular flexibility index (Phi) is 28.8. The highest BCUT2D eigenvalue weighted by molar-refractivity contribution is 5.85. The summed E-state index contributed by atoms with van der Waals surface area (Å²) >= 11 is 0. The fourth-order valence-electron chi connectivity index (χ4n) is 5.01. The highest BCUT2D eigenvalue weighted by Crippen LogP contribution is 2.13. The van der Waals surface area contributed by atoms with Crippen molar-refractivity contribution in [1.82, 2.24) is 26.9 Å². The molecule has 17 nitrogen and oxygen atoms in total. The van der Waals surface area contributed by atoms with Crippen LogP contribution in [0.1, 0.15) is 135 Å². The fraction of sp³-hybridized carbons (Fsp3) is 0.788. The summed E-state index contributed by atoms with van der Waals surface area (Å²) in [5.41, 5.74) is 1.41. The van der Waals surface area contributed by atoms with Crippen molar-refractivity contribution in [3.05, 3.63) is 0 Å². The van der Waals surface area contributed by atoms with E-state index in [9.17, 15) is 38.7 Å². The van der Waals surface area contributed by atoms with E-state index in [0.29, 0.717) is 12.8 Å². The minimum Gasteiger partial charge on any atom is -0.481 e. The van der Waals surface area contributed by atoms with Crippen LogP contribution < -0.4 is 26.9 Å². The van der Waals surface area contributed by atoms with Crippen LogP contribution in [0.4, 0.5) is 0 Å². The van der Waals surface area contributed by atoms with Gasteiger partial charge in [0.2, 0.25) is 23.6 Å². The number of carbonyl (C=O) groups is 7.